The zero-order chi connectivity index (χ0) is 16.3. The summed E-state index contributed by atoms with van der Waals surface area (Å²) in [6, 6.07) is 0. The summed E-state index contributed by atoms with van der Waals surface area (Å²) in [5.74, 6) is 0.993. The van der Waals surface area contributed by atoms with Gasteiger partial charge in [0.05, 0.1) is 0 Å². The molecule has 21 heavy (non-hydrogen) atoms. The van der Waals surface area contributed by atoms with Crippen LogP contribution in [-0.4, -0.2) is 49.5 Å². The van der Waals surface area contributed by atoms with Crippen molar-refractivity contribution in [2.45, 2.75) is 54.4 Å². The summed E-state index contributed by atoms with van der Waals surface area (Å²) in [7, 11) is 0. The predicted molar refractivity (Wildman–Crippen MR) is 90.6 cm³/mol. The third-order valence-electron chi connectivity index (χ3n) is 3.22. The number of carbonyl (C=O) groups is 1. The van der Waals surface area contributed by atoms with Gasteiger partial charge in [-0.25, -0.2) is 0 Å². The summed E-state index contributed by atoms with van der Waals surface area (Å²) < 4.78 is 0. The Labute approximate surface area is 130 Å². The van der Waals surface area contributed by atoms with Crippen molar-refractivity contribution in [1.82, 2.24) is 15.5 Å². The first kappa shape index (κ1) is 19.7. The predicted octanol–water partition coefficient (Wildman–Crippen LogP) is 2.24. The van der Waals surface area contributed by atoms with Crippen LogP contribution >= 0.6 is 0 Å². The Balaban J connectivity index is 4.20. The summed E-state index contributed by atoms with van der Waals surface area (Å²) in [5.41, 5.74) is 0.291. The molecule has 0 unspecified atom stereocenters. The maximum atomic E-state index is 11.9. The first-order valence-electron chi connectivity index (χ1n) is 8.14. The average molecular weight is 298 g/mol. The van der Waals surface area contributed by atoms with Gasteiger partial charge in [0.1, 0.15) is 0 Å². The highest BCUT2D eigenvalue weighted by Crippen LogP contribution is 2.17. The number of guanidine groups is 1. The van der Waals surface area contributed by atoms with Gasteiger partial charge in [0.25, 0.3) is 0 Å². The molecule has 124 valence electrons. The van der Waals surface area contributed by atoms with E-state index in [2.05, 4.69) is 36.4 Å². The molecule has 0 bridgehead atoms. The lowest BCUT2D eigenvalue weighted by molar-refractivity contribution is -0.130. The van der Waals surface area contributed by atoms with Crippen molar-refractivity contribution < 1.29 is 4.79 Å². The second-order valence-electron chi connectivity index (χ2n) is 6.31. The van der Waals surface area contributed by atoms with Crippen molar-refractivity contribution in [2.24, 2.45) is 10.4 Å². The molecular weight excluding hydrogens is 264 g/mol. The van der Waals surface area contributed by atoms with Gasteiger partial charge in [-0.15, -0.1) is 0 Å². The van der Waals surface area contributed by atoms with E-state index in [0.29, 0.717) is 18.4 Å². The summed E-state index contributed by atoms with van der Waals surface area (Å²) in [6.45, 7) is 16.5. The molecule has 0 aliphatic carbocycles. The maximum Gasteiger partial charge on any atom is 0.224 e. The van der Waals surface area contributed by atoms with Gasteiger partial charge < -0.3 is 15.5 Å². The van der Waals surface area contributed by atoms with E-state index in [9.17, 15) is 4.79 Å². The average Bonchev–Trinajstić information content (AvgIpc) is 2.38. The molecule has 1 amide bonds. The molecule has 5 nitrogen and oxygen atoms in total. The first-order chi connectivity index (χ1) is 9.84. The lowest BCUT2D eigenvalue weighted by Gasteiger charge is -2.19. The van der Waals surface area contributed by atoms with E-state index in [1.165, 1.54) is 0 Å². The number of nitrogens with one attached hydrogen (secondary N) is 2. The fourth-order valence-electron chi connectivity index (χ4n) is 1.87. The van der Waals surface area contributed by atoms with E-state index in [-0.39, 0.29) is 5.91 Å². The molecule has 0 radical (unpaired) electrons. The molecular formula is C16H34N4O. The van der Waals surface area contributed by atoms with Gasteiger partial charge in [0.15, 0.2) is 5.96 Å². The molecule has 0 saturated heterocycles. The number of rotatable bonds is 8. The van der Waals surface area contributed by atoms with E-state index in [0.717, 1.165) is 38.6 Å². The highest BCUT2D eigenvalue weighted by atomic mass is 16.2. The molecule has 0 saturated carbocycles. The third kappa shape index (κ3) is 10.2. The topological polar surface area (TPSA) is 56.7 Å². The zero-order valence-corrected chi connectivity index (χ0v) is 14.8. The SMILES string of the molecule is CCNC(=NCCC(C)(C)C)NCCC(=O)N(CC)CC. The quantitative estimate of drug-likeness (QED) is 0.534. The van der Waals surface area contributed by atoms with Gasteiger partial charge in [-0.1, -0.05) is 20.8 Å². The molecule has 0 atom stereocenters. The minimum atomic E-state index is 0.193. The lowest BCUT2D eigenvalue weighted by atomic mass is 9.93. The maximum absolute atomic E-state index is 11.9. The van der Waals surface area contributed by atoms with Crippen LogP contribution in [0.5, 0.6) is 0 Å². The molecule has 0 heterocycles. The summed E-state index contributed by atoms with van der Waals surface area (Å²) >= 11 is 0. The van der Waals surface area contributed by atoms with Gasteiger partial charge in [0, 0.05) is 39.1 Å². The first-order valence-corrected chi connectivity index (χ1v) is 8.14. The van der Waals surface area contributed by atoms with Crippen LogP contribution in [0.2, 0.25) is 0 Å². The summed E-state index contributed by atoms with van der Waals surface area (Å²) in [6.07, 6.45) is 1.55. The van der Waals surface area contributed by atoms with Gasteiger partial charge in [-0.3, -0.25) is 9.79 Å². The van der Waals surface area contributed by atoms with Crippen LogP contribution in [0.3, 0.4) is 0 Å². The van der Waals surface area contributed by atoms with Crippen molar-refractivity contribution in [3.63, 3.8) is 0 Å². The molecule has 0 aromatic carbocycles. The number of hydrogen-bond acceptors (Lipinski definition) is 2. The van der Waals surface area contributed by atoms with Crippen molar-refractivity contribution in [2.75, 3.05) is 32.7 Å². The largest absolute Gasteiger partial charge is 0.357 e. The fraction of sp³-hybridized carbons (Fsp3) is 0.875. The van der Waals surface area contributed by atoms with E-state index < -0.39 is 0 Å². The van der Waals surface area contributed by atoms with E-state index >= 15 is 0 Å². The normalized spacial score (nSPS) is 12.2. The Morgan fingerprint density at radius 2 is 1.71 bits per heavy atom. The highest BCUT2D eigenvalue weighted by molar-refractivity contribution is 5.81. The van der Waals surface area contributed by atoms with Crippen molar-refractivity contribution >= 4 is 11.9 Å². The van der Waals surface area contributed by atoms with Crippen LogP contribution in [0.15, 0.2) is 4.99 Å². The smallest absolute Gasteiger partial charge is 0.224 e. The minimum absolute atomic E-state index is 0.193. The lowest BCUT2D eigenvalue weighted by Crippen LogP contribution is -2.40. The Morgan fingerprint density at radius 1 is 1.10 bits per heavy atom. The molecule has 0 fully saturated rings. The van der Waals surface area contributed by atoms with Crippen LogP contribution in [0.25, 0.3) is 0 Å². The standard InChI is InChI=1S/C16H34N4O/c1-7-17-15(19-13-11-16(4,5)6)18-12-10-14(21)20(8-2)9-3/h7-13H2,1-6H3,(H2,17,18,19). The fourth-order valence-corrected chi connectivity index (χ4v) is 1.87. The van der Waals surface area contributed by atoms with Gasteiger partial charge in [-0.2, -0.15) is 0 Å². The Hall–Kier alpha value is -1.26. The van der Waals surface area contributed by atoms with Crippen LogP contribution in [0.4, 0.5) is 0 Å². The molecule has 5 heteroatoms. The molecule has 0 aliphatic rings. The summed E-state index contributed by atoms with van der Waals surface area (Å²) in [4.78, 5) is 18.3. The second kappa shape index (κ2) is 10.5. The molecule has 0 aromatic heterocycles. The van der Waals surface area contributed by atoms with Crippen molar-refractivity contribution in [1.29, 1.82) is 0 Å². The third-order valence-corrected chi connectivity index (χ3v) is 3.22. The molecule has 0 spiro atoms. The van der Waals surface area contributed by atoms with E-state index in [1.54, 1.807) is 0 Å². The molecule has 0 aliphatic heterocycles. The van der Waals surface area contributed by atoms with Crippen LogP contribution < -0.4 is 10.6 Å². The highest BCUT2D eigenvalue weighted by Gasteiger charge is 2.10. The monoisotopic (exact) mass is 298 g/mol. The van der Waals surface area contributed by atoms with Crippen molar-refractivity contribution in [3.05, 3.63) is 0 Å². The Bertz CT molecular complexity index is 317. The molecule has 0 aromatic rings. The van der Waals surface area contributed by atoms with E-state index in [1.807, 2.05) is 25.7 Å². The number of carbonyl (C=O) groups excluding carboxylic acids is 1. The van der Waals surface area contributed by atoms with Crippen LogP contribution in [0, 0.1) is 5.41 Å². The molecule has 0 rings (SSSR count). The van der Waals surface area contributed by atoms with Gasteiger partial charge in [-0.05, 0) is 32.6 Å². The van der Waals surface area contributed by atoms with Crippen LogP contribution in [0.1, 0.15) is 54.4 Å². The number of hydrogen-bond donors (Lipinski definition) is 2. The van der Waals surface area contributed by atoms with Crippen LogP contribution in [-0.2, 0) is 4.79 Å². The van der Waals surface area contributed by atoms with Gasteiger partial charge in [0.2, 0.25) is 5.91 Å². The molecule has 2 N–H and O–H groups in total. The van der Waals surface area contributed by atoms with Crippen molar-refractivity contribution in [3.8, 4) is 0 Å². The van der Waals surface area contributed by atoms with E-state index in [4.69, 9.17) is 0 Å². The van der Waals surface area contributed by atoms with Gasteiger partial charge >= 0.3 is 0 Å². The number of amides is 1. The zero-order valence-electron chi connectivity index (χ0n) is 14.8. The second-order valence-corrected chi connectivity index (χ2v) is 6.31. The summed E-state index contributed by atoms with van der Waals surface area (Å²) in [5, 5.41) is 6.45. The number of nitrogens with zero attached hydrogens (tertiary/aromatic N) is 2. The minimum Gasteiger partial charge on any atom is -0.357 e. The number of aliphatic imine (C=N–C) groups is 1. The Morgan fingerprint density at radius 3 is 2.19 bits per heavy atom. The Kier molecular flexibility index (Phi) is 9.84.